The minimum atomic E-state index is -3.71. The van der Waals surface area contributed by atoms with E-state index in [2.05, 4.69) is 12.2 Å². The number of sulfonamides is 1. The number of ether oxygens (including phenoxy) is 1. The van der Waals surface area contributed by atoms with Crippen LogP contribution >= 0.6 is 11.6 Å². The number of allylic oxidation sites excluding steroid dienone is 1. The first-order chi connectivity index (χ1) is 17.6. The molecule has 2 aliphatic rings. The van der Waals surface area contributed by atoms with Crippen molar-refractivity contribution in [3.8, 4) is 6.07 Å². The molecule has 4 rings (SSSR count). The Hall–Kier alpha value is -3.39. The molecule has 1 heterocycles. The highest BCUT2D eigenvalue weighted by molar-refractivity contribution is 7.88. The highest BCUT2D eigenvalue weighted by Gasteiger charge is 2.39. The zero-order valence-corrected chi connectivity index (χ0v) is 22.0. The zero-order chi connectivity index (χ0) is 26.6. The molecule has 0 radical (unpaired) electrons. The van der Waals surface area contributed by atoms with Gasteiger partial charge in [-0.05, 0) is 48.7 Å². The predicted octanol–water partition coefficient (Wildman–Crippen LogP) is 3.93. The second-order valence-electron chi connectivity index (χ2n) is 9.57. The normalized spacial score (nSPS) is 17.5. The van der Waals surface area contributed by atoms with Crippen molar-refractivity contribution in [1.29, 1.82) is 10.7 Å². The summed E-state index contributed by atoms with van der Waals surface area (Å²) in [5.74, 6) is -0.833. The number of hydrogen-bond donors (Lipinski definition) is 2. The van der Waals surface area contributed by atoms with Gasteiger partial charge in [0.15, 0.2) is 0 Å². The van der Waals surface area contributed by atoms with Crippen LogP contribution in [0.1, 0.15) is 30.9 Å². The number of nitrogens with one attached hydrogen (secondary N) is 2. The van der Waals surface area contributed by atoms with Crippen molar-refractivity contribution in [2.75, 3.05) is 31.7 Å². The Kier molecular flexibility index (Phi) is 7.87. The van der Waals surface area contributed by atoms with Gasteiger partial charge in [0.05, 0.1) is 30.7 Å². The summed E-state index contributed by atoms with van der Waals surface area (Å²) in [4.78, 5) is 14.9. The molecule has 0 aromatic heterocycles. The van der Waals surface area contributed by atoms with E-state index in [-0.39, 0.29) is 42.4 Å². The smallest absolute Gasteiger partial charge is 0.293 e. The minimum Gasteiger partial charge on any atom is -0.486 e. The lowest BCUT2D eigenvalue weighted by molar-refractivity contribution is -0.116. The number of hydrogen-bond acceptors (Lipinski definition) is 7. The molecule has 37 heavy (non-hydrogen) atoms. The fraction of sp³-hybridized carbons (Fsp3) is 0.346. The lowest BCUT2D eigenvalue weighted by Gasteiger charge is -2.24. The molecule has 9 nitrogen and oxygen atoms in total. The molecule has 2 aromatic carbocycles. The number of nitriles is 1. The molecule has 1 aliphatic carbocycles. The number of rotatable bonds is 10. The Labute approximate surface area is 221 Å². The van der Waals surface area contributed by atoms with Crippen LogP contribution in [0.3, 0.4) is 0 Å². The van der Waals surface area contributed by atoms with E-state index < -0.39 is 15.9 Å². The monoisotopic (exact) mass is 541 g/mol. The zero-order valence-electron chi connectivity index (χ0n) is 20.4. The van der Waals surface area contributed by atoms with E-state index in [9.17, 15) is 13.2 Å². The third kappa shape index (κ3) is 6.68. The van der Waals surface area contributed by atoms with E-state index >= 15 is 0 Å². The van der Waals surface area contributed by atoms with E-state index in [1.54, 1.807) is 53.4 Å². The van der Waals surface area contributed by atoms with Gasteiger partial charge < -0.3 is 20.4 Å². The molecule has 1 aliphatic heterocycles. The summed E-state index contributed by atoms with van der Waals surface area (Å²) in [7, 11) is -3.71. The van der Waals surface area contributed by atoms with Crippen molar-refractivity contribution >= 4 is 39.4 Å². The van der Waals surface area contributed by atoms with Crippen LogP contribution in [-0.2, 0) is 25.3 Å². The molecule has 194 valence electrons. The maximum atomic E-state index is 13.3. The molecular weight excluding hydrogens is 514 g/mol. The van der Waals surface area contributed by atoms with Crippen LogP contribution in [0.15, 0.2) is 60.0 Å². The number of benzene rings is 2. The second-order valence-corrected chi connectivity index (χ2v) is 12.0. The Balaban J connectivity index is 1.55. The van der Waals surface area contributed by atoms with E-state index in [1.807, 2.05) is 6.07 Å². The van der Waals surface area contributed by atoms with Gasteiger partial charge >= 0.3 is 0 Å². The van der Waals surface area contributed by atoms with E-state index in [0.29, 0.717) is 28.4 Å². The first kappa shape index (κ1) is 26.7. The van der Waals surface area contributed by atoms with Crippen LogP contribution in [0.4, 0.5) is 5.69 Å². The van der Waals surface area contributed by atoms with Crippen molar-refractivity contribution < 1.29 is 17.9 Å². The van der Waals surface area contributed by atoms with Crippen molar-refractivity contribution in [3.63, 3.8) is 0 Å². The van der Waals surface area contributed by atoms with Gasteiger partial charge in [0, 0.05) is 35.4 Å². The van der Waals surface area contributed by atoms with Crippen molar-refractivity contribution in [3.05, 3.63) is 76.1 Å². The number of amides is 1. The number of carbonyl (C=O) groups excluding carboxylic acids is 1. The van der Waals surface area contributed by atoms with Gasteiger partial charge in [0.2, 0.25) is 15.8 Å². The highest BCUT2D eigenvalue weighted by atomic mass is 35.5. The summed E-state index contributed by atoms with van der Waals surface area (Å²) >= 11 is 6.05. The maximum absolute atomic E-state index is 13.3. The fourth-order valence-electron chi connectivity index (χ4n) is 3.93. The summed E-state index contributed by atoms with van der Waals surface area (Å²) in [5.41, 5.74) is 1.57. The number of halogens is 1. The van der Waals surface area contributed by atoms with Crippen LogP contribution in [-0.4, -0.2) is 56.1 Å². The van der Waals surface area contributed by atoms with Gasteiger partial charge in [-0.15, -0.1) is 0 Å². The van der Waals surface area contributed by atoms with Crippen molar-refractivity contribution in [2.24, 2.45) is 5.41 Å². The first-order valence-corrected chi connectivity index (χ1v) is 13.8. The summed E-state index contributed by atoms with van der Waals surface area (Å²) in [6, 6.07) is 15.2. The van der Waals surface area contributed by atoms with Crippen LogP contribution in [0.5, 0.6) is 0 Å². The molecule has 11 heteroatoms. The predicted molar refractivity (Wildman–Crippen MR) is 141 cm³/mol. The van der Waals surface area contributed by atoms with E-state index in [1.165, 1.54) is 4.31 Å². The standard InChI is InChI=1S/C26H28ClN5O4S/c1-26(8-9-26)17-36-24(25(33)30-22-7-3-6-21(27)13-22)23(15-29)31-10-11-32(18-31)37(34,35)16-20-5-2-4-19(12-20)14-28/h2-7,12-13,15,29H,8-11,16-18H2,1H3,(H,30,33)/b24-23-,29-15?. The first-order valence-electron chi connectivity index (χ1n) is 11.8. The minimum absolute atomic E-state index is 0.0208. The molecule has 1 amide bonds. The molecule has 2 N–H and O–H groups in total. The van der Waals surface area contributed by atoms with Crippen molar-refractivity contribution in [2.45, 2.75) is 25.5 Å². The van der Waals surface area contributed by atoms with Gasteiger partial charge in [0.25, 0.3) is 5.91 Å². The fourth-order valence-corrected chi connectivity index (χ4v) is 5.58. The summed E-state index contributed by atoms with van der Waals surface area (Å²) in [5, 5.41) is 20.4. The molecule has 1 saturated carbocycles. The van der Waals surface area contributed by atoms with Gasteiger partial charge in [-0.1, -0.05) is 36.7 Å². The summed E-state index contributed by atoms with van der Waals surface area (Å²) < 4.78 is 33.5. The molecule has 0 spiro atoms. The Morgan fingerprint density at radius 3 is 2.68 bits per heavy atom. The van der Waals surface area contributed by atoms with Crippen LogP contribution in [0, 0.1) is 22.2 Å². The van der Waals surface area contributed by atoms with Gasteiger partial charge in [0.1, 0.15) is 5.70 Å². The molecule has 1 saturated heterocycles. The average molecular weight is 542 g/mol. The van der Waals surface area contributed by atoms with Gasteiger partial charge in [-0.3, -0.25) is 4.79 Å². The average Bonchev–Trinajstić information content (AvgIpc) is 3.38. The number of anilines is 1. The highest BCUT2D eigenvalue weighted by Crippen LogP contribution is 2.45. The Morgan fingerprint density at radius 2 is 2.00 bits per heavy atom. The molecule has 0 atom stereocenters. The molecule has 0 unspecified atom stereocenters. The number of nitrogens with zero attached hydrogens (tertiary/aromatic N) is 3. The van der Waals surface area contributed by atoms with Crippen LogP contribution in [0.2, 0.25) is 5.02 Å². The maximum Gasteiger partial charge on any atom is 0.293 e. The third-order valence-electron chi connectivity index (χ3n) is 6.41. The van der Waals surface area contributed by atoms with Crippen LogP contribution < -0.4 is 5.32 Å². The lowest BCUT2D eigenvalue weighted by Crippen LogP contribution is -2.33. The third-order valence-corrected chi connectivity index (χ3v) is 8.43. The second kappa shape index (κ2) is 10.9. The lowest BCUT2D eigenvalue weighted by atomic mass is 10.2. The molecule has 2 fully saturated rings. The Bertz CT molecular complexity index is 1380. The molecular formula is C26H28ClN5O4S. The largest absolute Gasteiger partial charge is 0.486 e. The van der Waals surface area contributed by atoms with Crippen molar-refractivity contribution in [1.82, 2.24) is 9.21 Å². The topological polar surface area (TPSA) is 127 Å². The van der Waals surface area contributed by atoms with E-state index in [4.69, 9.17) is 27.0 Å². The van der Waals surface area contributed by atoms with Crippen LogP contribution in [0.25, 0.3) is 0 Å². The van der Waals surface area contributed by atoms with E-state index in [0.717, 1.165) is 19.1 Å². The number of carbonyl (C=O) groups is 1. The summed E-state index contributed by atoms with van der Waals surface area (Å²) in [6.07, 6.45) is 2.99. The Morgan fingerprint density at radius 1 is 1.24 bits per heavy atom. The van der Waals surface area contributed by atoms with Gasteiger partial charge in [-0.25, -0.2) is 8.42 Å². The molecule has 2 aromatic rings. The van der Waals surface area contributed by atoms with Gasteiger partial charge in [-0.2, -0.15) is 9.57 Å². The summed E-state index contributed by atoms with van der Waals surface area (Å²) in [6.45, 7) is 2.83. The quantitative estimate of drug-likeness (QED) is 0.266. The molecule has 0 bridgehead atoms. The SMILES string of the molecule is CC1(CO/C(C(=O)Nc2cccc(Cl)c2)=C(/C=N)N2CCN(S(=O)(=O)Cc3cccc(C#N)c3)C2)CC1.